The van der Waals surface area contributed by atoms with Gasteiger partial charge in [-0.1, -0.05) is 11.6 Å². The lowest BCUT2D eigenvalue weighted by atomic mass is 10.2. The molecule has 7 nitrogen and oxygen atoms in total. The lowest BCUT2D eigenvalue weighted by Crippen LogP contribution is -2.37. The normalized spacial score (nSPS) is 15.5. The van der Waals surface area contributed by atoms with Crippen molar-refractivity contribution in [2.75, 3.05) is 26.3 Å². The smallest absolute Gasteiger partial charge is 0.220 e. The molecular weight excluding hydrogens is 398 g/mol. The predicted molar refractivity (Wildman–Crippen MR) is 110 cm³/mol. The molecule has 1 fully saturated rings. The summed E-state index contributed by atoms with van der Waals surface area (Å²) in [7, 11) is 0. The average Bonchev–Trinajstić information content (AvgIpc) is 3.27. The molecule has 0 saturated carbocycles. The molecule has 2 aromatic heterocycles. The topological polar surface area (TPSA) is 60.7 Å². The predicted octanol–water partition coefficient (Wildman–Crippen LogP) is 3.81. The fraction of sp³-hybridized carbons (Fsp3) is 0.316. The monoisotopic (exact) mass is 417 g/mol. The number of nitrogens with zero attached hydrogens (tertiary/aromatic N) is 5. The van der Waals surface area contributed by atoms with Crippen LogP contribution >= 0.6 is 23.8 Å². The molecule has 1 aromatic carbocycles. The van der Waals surface area contributed by atoms with Gasteiger partial charge in [0.1, 0.15) is 11.5 Å². The van der Waals surface area contributed by atoms with Gasteiger partial charge in [0.05, 0.1) is 26.1 Å². The van der Waals surface area contributed by atoms with Gasteiger partial charge in [0.15, 0.2) is 5.82 Å². The number of aryl methyl sites for hydroxylation is 1. The highest BCUT2D eigenvalue weighted by Crippen LogP contribution is 2.23. The molecular formula is C19H20ClN5O2S. The molecule has 1 saturated heterocycles. The maximum Gasteiger partial charge on any atom is 0.220 e. The Morgan fingerprint density at radius 2 is 1.93 bits per heavy atom. The van der Waals surface area contributed by atoms with Crippen molar-refractivity contribution in [3.05, 3.63) is 57.8 Å². The van der Waals surface area contributed by atoms with Crippen LogP contribution in [0.15, 0.2) is 45.9 Å². The quantitative estimate of drug-likeness (QED) is 0.466. The molecule has 0 unspecified atom stereocenters. The van der Waals surface area contributed by atoms with E-state index in [0.29, 0.717) is 22.2 Å². The zero-order chi connectivity index (χ0) is 19.5. The van der Waals surface area contributed by atoms with Gasteiger partial charge in [-0.15, -0.1) is 0 Å². The maximum atomic E-state index is 5.93. The van der Waals surface area contributed by atoms with Crippen molar-refractivity contribution in [1.29, 1.82) is 0 Å². The van der Waals surface area contributed by atoms with Gasteiger partial charge in [0.2, 0.25) is 4.77 Å². The van der Waals surface area contributed by atoms with E-state index in [-0.39, 0.29) is 0 Å². The second-order valence-electron chi connectivity index (χ2n) is 6.47. The Kier molecular flexibility index (Phi) is 5.72. The SMILES string of the molecule is Cc1nn(CN2CCOCC2)c(=S)n1/N=C/c1ccc(-c2ccc(Cl)cc2)o1. The summed E-state index contributed by atoms with van der Waals surface area (Å²) in [4.78, 5) is 2.25. The fourth-order valence-electron chi connectivity index (χ4n) is 2.97. The van der Waals surface area contributed by atoms with Gasteiger partial charge in [-0.25, -0.2) is 4.68 Å². The minimum absolute atomic E-state index is 0.546. The number of hydrogen-bond donors (Lipinski definition) is 0. The molecule has 0 N–H and O–H groups in total. The molecule has 0 aliphatic carbocycles. The molecule has 0 atom stereocenters. The summed E-state index contributed by atoms with van der Waals surface area (Å²) in [6.45, 7) is 5.73. The number of benzene rings is 1. The van der Waals surface area contributed by atoms with Crippen molar-refractivity contribution >= 4 is 30.0 Å². The highest BCUT2D eigenvalue weighted by molar-refractivity contribution is 7.71. The van der Waals surface area contributed by atoms with E-state index in [1.807, 2.05) is 43.3 Å². The lowest BCUT2D eigenvalue weighted by Gasteiger charge is -2.25. The molecule has 9 heteroatoms. The van der Waals surface area contributed by atoms with E-state index in [1.54, 1.807) is 15.6 Å². The van der Waals surface area contributed by atoms with E-state index in [2.05, 4.69) is 15.1 Å². The number of hydrogen-bond acceptors (Lipinski definition) is 6. The minimum Gasteiger partial charge on any atom is -0.455 e. The Morgan fingerprint density at radius 3 is 2.68 bits per heavy atom. The van der Waals surface area contributed by atoms with Crippen molar-refractivity contribution in [1.82, 2.24) is 19.4 Å². The molecule has 0 bridgehead atoms. The third-order valence-corrected chi connectivity index (χ3v) is 5.10. The zero-order valence-electron chi connectivity index (χ0n) is 15.4. The Bertz CT molecular complexity index is 1030. The number of ether oxygens (including phenoxy) is 1. The van der Waals surface area contributed by atoms with Gasteiger partial charge in [-0.05, 0) is 55.5 Å². The lowest BCUT2D eigenvalue weighted by molar-refractivity contribution is 0.0209. The number of rotatable bonds is 5. The second-order valence-corrected chi connectivity index (χ2v) is 7.27. The highest BCUT2D eigenvalue weighted by Gasteiger charge is 2.14. The van der Waals surface area contributed by atoms with E-state index in [0.717, 1.165) is 43.5 Å². The Hall–Kier alpha value is -2.26. The van der Waals surface area contributed by atoms with E-state index >= 15 is 0 Å². The summed E-state index contributed by atoms with van der Waals surface area (Å²) in [5, 5.41) is 9.66. The first-order chi connectivity index (χ1) is 13.6. The van der Waals surface area contributed by atoms with E-state index in [4.69, 9.17) is 33.0 Å². The molecule has 0 radical (unpaired) electrons. The molecule has 146 valence electrons. The number of morpholine rings is 1. The summed E-state index contributed by atoms with van der Waals surface area (Å²) >= 11 is 11.5. The molecule has 3 heterocycles. The van der Waals surface area contributed by atoms with Gasteiger partial charge >= 0.3 is 0 Å². The first-order valence-electron chi connectivity index (χ1n) is 8.97. The molecule has 28 heavy (non-hydrogen) atoms. The minimum atomic E-state index is 0.546. The Labute approximate surface area is 172 Å². The van der Waals surface area contributed by atoms with Gasteiger partial charge in [0, 0.05) is 23.7 Å². The molecule has 1 aliphatic heterocycles. The average molecular weight is 418 g/mol. The summed E-state index contributed by atoms with van der Waals surface area (Å²) < 4.78 is 15.2. The number of furan rings is 1. The summed E-state index contributed by atoms with van der Waals surface area (Å²) in [6.07, 6.45) is 1.64. The highest BCUT2D eigenvalue weighted by atomic mass is 35.5. The molecule has 1 aliphatic rings. The Balaban J connectivity index is 1.50. The van der Waals surface area contributed by atoms with Crippen LogP contribution in [-0.4, -0.2) is 51.9 Å². The van der Waals surface area contributed by atoms with E-state index in [9.17, 15) is 0 Å². The Morgan fingerprint density at radius 1 is 1.18 bits per heavy atom. The van der Waals surface area contributed by atoms with Gasteiger partial charge in [-0.2, -0.15) is 14.9 Å². The fourth-order valence-corrected chi connectivity index (χ4v) is 3.37. The molecule has 0 spiro atoms. The molecule has 4 rings (SSSR count). The van der Waals surface area contributed by atoms with Gasteiger partial charge in [0.25, 0.3) is 0 Å². The van der Waals surface area contributed by atoms with Gasteiger partial charge in [-0.3, -0.25) is 4.90 Å². The van der Waals surface area contributed by atoms with Crippen molar-refractivity contribution in [2.24, 2.45) is 5.10 Å². The summed E-state index contributed by atoms with van der Waals surface area (Å²) in [6, 6.07) is 11.3. The molecule has 3 aromatic rings. The van der Waals surface area contributed by atoms with E-state index in [1.165, 1.54) is 0 Å². The van der Waals surface area contributed by atoms with Crippen molar-refractivity contribution in [2.45, 2.75) is 13.6 Å². The zero-order valence-corrected chi connectivity index (χ0v) is 17.0. The second kappa shape index (κ2) is 8.40. The first-order valence-corrected chi connectivity index (χ1v) is 9.75. The van der Waals surface area contributed by atoms with Crippen LogP contribution in [0, 0.1) is 11.7 Å². The number of aromatic nitrogens is 3. The number of halogens is 1. The largest absolute Gasteiger partial charge is 0.455 e. The van der Waals surface area contributed by atoms with Crippen LogP contribution in [-0.2, 0) is 11.4 Å². The third-order valence-electron chi connectivity index (χ3n) is 4.47. The van der Waals surface area contributed by atoms with Crippen molar-refractivity contribution in [3.63, 3.8) is 0 Å². The van der Waals surface area contributed by atoms with Crippen molar-refractivity contribution in [3.8, 4) is 11.3 Å². The van der Waals surface area contributed by atoms with Crippen LogP contribution in [0.1, 0.15) is 11.6 Å². The van der Waals surface area contributed by atoms with E-state index < -0.39 is 0 Å². The standard InChI is InChI=1S/C19H20ClN5O2S/c1-14-22-24(13-23-8-10-26-11-9-23)19(28)25(14)21-12-17-6-7-18(27-17)15-2-4-16(20)5-3-15/h2-7,12H,8-11,13H2,1H3/b21-12+. The van der Waals surface area contributed by atoms with Crippen LogP contribution in [0.2, 0.25) is 5.02 Å². The van der Waals surface area contributed by atoms with Crippen LogP contribution in [0.25, 0.3) is 11.3 Å². The van der Waals surface area contributed by atoms with Crippen LogP contribution < -0.4 is 0 Å². The third kappa shape index (κ3) is 4.25. The van der Waals surface area contributed by atoms with Crippen LogP contribution in [0.4, 0.5) is 0 Å². The maximum absolute atomic E-state index is 5.93. The summed E-state index contributed by atoms with van der Waals surface area (Å²) in [5.41, 5.74) is 0.954. The van der Waals surface area contributed by atoms with Crippen LogP contribution in [0.3, 0.4) is 0 Å². The van der Waals surface area contributed by atoms with Crippen LogP contribution in [0.5, 0.6) is 0 Å². The van der Waals surface area contributed by atoms with Crippen molar-refractivity contribution < 1.29 is 9.15 Å². The van der Waals surface area contributed by atoms with Gasteiger partial charge < -0.3 is 9.15 Å². The molecule has 0 amide bonds. The summed E-state index contributed by atoms with van der Waals surface area (Å²) in [5.74, 6) is 2.10. The first kappa shape index (κ1) is 19.1.